The molecule has 0 saturated heterocycles. The third-order valence-corrected chi connectivity index (χ3v) is 4.90. The molecule has 0 aliphatic rings. The predicted molar refractivity (Wildman–Crippen MR) is 131 cm³/mol. The smallest absolute Gasteiger partial charge is 0.458 e. The van der Waals surface area contributed by atoms with Gasteiger partial charge in [0.05, 0.1) is 6.61 Å². The molecular formula is C26H39NO9. The molecule has 202 valence electrons. The van der Waals surface area contributed by atoms with Crippen molar-refractivity contribution in [3.8, 4) is 11.5 Å². The van der Waals surface area contributed by atoms with E-state index in [1.807, 2.05) is 27.7 Å². The van der Waals surface area contributed by atoms with Crippen LogP contribution in [-0.4, -0.2) is 48.9 Å². The molecule has 0 radical (unpaired) electrons. The molecular weight excluding hydrogens is 470 g/mol. The Bertz CT molecular complexity index is 884. The zero-order chi connectivity index (χ0) is 27.3. The molecule has 36 heavy (non-hydrogen) atoms. The summed E-state index contributed by atoms with van der Waals surface area (Å²) in [5.41, 5.74) is 6.61. The van der Waals surface area contributed by atoms with Gasteiger partial charge < -0.3 is 29.4 Å². The summed E-state index contributed by atoms with van der Waals surface area (Å²) in [6, 6.07) is 3.59. The first kappa shape index (κ1) is 30.9. The fraction of sp³-hybridized carbons (Fsp3) is 0.615. The maximum Gasteiger partial charge on any atom is 0.508 e. The number of rotatable bonds is 14. The van der Waals surface area contributed by atoms with Crippen LogP contribution in [0.5, 0.6) is 11.5 Å². The first-order valence-electron chi connectivity index (χ1n) is 12.3. The SMILES string of the molecule is CCCC(=O)Oc1ccc(C[C@H](N)C(=O)O[C@@H](C)[C@H](C)OC(=O)OCC(C)C)cc1OC(=O)CCC. The lowest BCUT2D eigenvalue weighted by atomic mass is 10.1. The minimum Gasteiger partial charge on any atom is -0.458 e. The van der Waals surface area contributed by atoms with Crippen LogP contribution in [0.15, 0.2) is 18.2 Å². The van der Waals surface area contributed by atoms with Crippen molar-refractivity contribution in [2.75, 3.05) is 6.61 Å². The van der Waals surface area contributed by atoms with Gasteiger partial charge in [0.2, 0.25) is 0 Å². The monoisotopic (exact) mass is 509 g/mol. The number of esters is 3. The van der Waals surface area contributed by atoms with Crippen molar-refractivity contribution in [2.45, 2.75) is 91.9 Å². The Morgan fingerprint density at radius 2 is 1.39 bits per heavy atom. The molecule has 10 heteroatoms. The molecule has 0 aromatic heterocycles. The van der Waals surface area contributed by atoms with Gasteiger partial charge in [-0.15, -0.1) is 0 Å². The molecule has 1 rings (SSSR count). The molecule has 0 spiro atoms. The topological polar surface area (TPSA) is 140 Å². The summed E-state index contributed by atoms with van der Waals surface area (Å²) in [6.07, 6.45) is -0.663. The Hall–Kier alpha value is -3.14. The predicted octanol–water partition coefficient (Wildman–Crippen LogP) is 4.10. The molecule has 0 aliphatic carbocycles. The molecule has 0 bridgehead atoms. The molecule has 2 N–H and O–H groups in total. The highest BCUT2D eigenvalue weighted by molar-refractivity contribution is 5.77. The van der Waals surface area contributed by atoms with Gasteiger partial charge in [-0.3, -0.25) is 14.4 Å². The van der Waals surface area contributed by atoms with Crippen LogP contribution in [0, 0.1) is 5.92 Å². The first-order chi connectivity index (χ1) is 17.0. The maximum atomic E-state index is 12.5. The average molecular weight is 510 g/mol. The molecule has 0 unspecified atom stereocenters. The van der Waals surface area contributed by atoms with Gasteiger partial charge in [0.1, 0.15) is 18.2 Å². The number of benzene rings is 1. The van der Waals surface area contributed by atoms with Crippen molar-refractivity contribution < 1.29 is 42.9 Å². The van der Waals surface area contributed by atoms with Crippen molar-refractivity contribution in [1.82, 2.24) is 0 Å². The minimum atomic E-state index is -1.04. The Morgan fingerprint density at radius 1 is 0.833 bits per heavy atom. The van der Waals surface area contributed by atoms with Crippen LogP contribution in [0.2, 0.25) is 0 Å². The van der Waals surface area contributed by atoms with E-state index in [1.165, 1.54) is 12.1 Å². The highest BCUT2D eigenvalue weighted by Crippen LogP contribution is 2.30. The van der Waals surface area contributed by atoms with Crippen molar-refractivity contribution in [3.63, 3.8) is 0 Å². The summed E-state index contributed by atoms with van der Waals surface area (Å²) in [5.74, 6) is -1.27. The minimum absolute atomic E-state index is 0.0682. The molecule has 0 fully saturated rings. The Morgan fingerprint density at radius 3 is 1.94 bits per heavy atom. The highest BCUT2D eigenvalue weighted by Gasteiger charge is 2.25. The van der Waals surface area contributed by atoms with Crippen molar-refractivity contribution in [2.24, 2.45) is 11.7 Å². The van der Waals surface area contributed by atoms with E-state index in [1.54, 1.807) is 19.9 Å². The van der Waals surface area contributed by atoms with Gasteiger partial charge in [-0.1, -0.05) is 33.8 Å². The van der Waals surface area contributed by atoms with Crippen molar-refractivity contribution in [1.29, 1.82) is 0 Å². The molecule has 1 aromatic rings. The van der Waals surface area contributed by atoms with Gasteiger partial charge in [-0.05, 0) is 56.7 Å². The van der Waals surface area contributed by atoms with Crippen LogP contribution in [0.3, 0.4) is 0 Å². The second-order valence-corrected chi connectivity index (χ2v) is 8.96. The number of nitrogens with two attached hydrogens (primary N) is 1. The average Bonchev–Trinajstić information content (AvgIpc) is 2.79. The van der Waals surface area contributed by atoms with Crippen LogP contribution >= 0.6 is 0 Å². The van der Waals surface area contributed by atoms with Crippen LogP contribution < -0.4 is 15.2 Å². The third kappa shape index (κ3) is 11.5. The number of carbonyl (C=O) groups is 4. The number of hydrogen-bond acceptors (Lipinski definition) is 10. The van der Waals surface area contributed by atoms with E-state index >= 15 is 0 Å². The number of ether oxygens (including phenoxy) is 5. The zero-order valence-corrected chi connectivity index (χ0v) is 22.0. The van der Waals surface area contributed by atoms with E-state index in [9.17, 15) is 19.2 Å². The summed E-state index contributed by atoms with van der Waals surface area (Å²) >= 11 is 0. The van der Waals surface area contributed by atoms with E-state index in [2.05, 4.69) is 0 Å². The largest absolute Gasteiger partial charge is 0.508 e. The summed E-state index contributed by atoms with van der Waals surface area (Å²) in [6.45, 7) is 10.9. The molecule has 0 aliphatic heterocycles. The highest BCUT2D eigenvalue weighted by atomic mass is 16.7. The Labute approximate surface area is 212 Å². The lowest BCUT2D eigenvalue weighted by Gasteiger charge is -2.22. The van der Waals surface area contributed by atoms with Gasteiger partial charge in [-0.2, -0.15) is 0 Å². The number of hydrogen-bond donors (Lipinski definition) is 1. The van der Waals surface area contributed by atoms with E-state index in [-0.39, 0.29) is 43.3 Å². The lowest BCUT2D eigenvalue weighted by Crippen LogP contribution is -2.39. The fourth-order valence-electron chi connectivity index (χ4n) is 2.82. The van der Waals surface area contributed by atoms with Crippen LogP contribution in [-0.2, 0) is 35.0 Å². The van der Waals surface area contributed by atoms with Gasteiger partial charge in [0.15, 0.2) is 11.5 Å². The van der Waals surface area contributed by atoms with Gasteiger partial charge in [0, 0.05) is 12.8 Å². The van der Waals surface area contributed by atoms with E-state index < -0.39 is 42.3 Å². The van der Waals surface area contributed by atoms with Gasteiger partial charge >= 0.3 is 24.1 Å². The van der Waals surface area contributed by atoms with E-state index in [4.69, 9.17) is 29.4 Å². The Balaban J connectivity index is 2.81. The Kier molecular flexibility index (Phi) is 13.5. The molecule has 0 saturated carbocycles. The molecule has 0 heterocycles. The van der Waals surface area contributed by atoms with Crippen molar-refractivity contribution in [3.05, 3.63) is 23.8 Å². The third-order valence-electron chi connectivity index (χ3n) is 4.90. The normalized spacial score (nSPS) is 13.3. The zero-order valence-electron chi connectivity index (χ0n) is 22.0. The summed E-state index contributed by atoms with van der Waals surface area (Å²) in [7, 11) is 0. The molecule has 1 aromatic carbocycles. The second-order valence-electron chi connectivity index (χ2n) is 8.96. The molecule has 10 nitrogen and oxygen atoms in total. The van der Waals surface area contributed by atoms with Gasteiger partial charge in [0.25, 0.3) is 0 Å². The quantitative estimate of drug-likeness (QED) is 0.288. The maximum absolute atomic E-state index is 12.5. The summed E-state index contributed by atoms with van der Waals surface area (Å²) < 4.78 is 26.1. The second kappa shape index (κ2) is 15.8. The number of carbonyl (C=O) groups excluding carboxylic acids is 4. The van der Waals surface area contributed by atoms with Gasteiger partial charge in [-0.25, -0.2) is 4.79 Å². The van der Waals surface area contributed by atoms with E-state index in [0.717, 1.165) is 0 Å². The van der Waals surface area contributed by atoms with Crippen molar-refractivity contribution >= 4 is 24.1 Å². The summed E-state index contributed by atoms with van der Waals surface area (Å²) in [4.78, 5) is 48.2. The lowest BCUT2D eigenvalue weighted by molar-refractivity contribution is -0.155. The van der Waals surface area contributed by atoms with Crippen LogP contribution in [0.25, 0.3) is 0 Å². The fourth-order valence-corrected chi connectivity index (χ4v) is 2.82. The first-order valence-corrected chi connectivity index (χ1v) is 12.3. The van der Waals surface area contributed by atoms with Crippen LogP contribution in [0.1, 0.15) is 72.8 Å². The molecule has 0 amide bonds. The summed E-state index contributed by atoms with van der Waals surface area (Å²) in [5, 5.41) is 0. The molecule has 3 atom stereocenters. The standard InChI is InChI=1S/C26H39NO9/c1-7-9-23(28)35-21-12-11-19(14-22(21)36-24(29)10-8-2)13-20(27)25(30)33-17(5)18(6)34-26(31)32-15-16(3)4/h11-12,14,16-18,20H,7-10,13,15,27H2,1-6H3/t17-,18-,20-/m0/s1. The van der Waals surface area contributed by atoms with Crippen LogP contribution in [0.4, 0.5) is 4.79 Å². The van der Waals surface area contributed by atoms with E-state index in [0.29, 0.717) is 18.4 Å².